The summed E-state index contributed by atoms with van der Waals surface area (Å²) in [5, 5.41) is 3.29. The van der Waals surface area contributed by atoms with Gasteiger partial charge in [0.2, 0.25) is 0 Å². The van der Waals surface area contributed by atoms with E-state index in [1.165, 1.54) is 0 Å². The lowest BCUT2D eigenvalue weighted by atomic mass is 10.2. The van der Waals surface area contributed by atoms with E-state index in [1.54, 1.807) is 25.3 Å². The van der Waals surface area contributed by atoms with Gasteiger partial charge in [0.15, 0.2) is 0 Å². The highest BCUT2D eigenvalue weighted by Crippen LogP contribution is 2.24. The summed E-state index contributed by atoms with van der Waals surface area (Å²) in [6.45, 7) is 4.51. The Hall–Kier alpha value is -2.40. The highest BCUT2D eigenvalue weighted by molar-refractivity contribution is 6.31. The lowest BCUT2D eigenvalue weighted by Crippen LogP contribution is -2.28. The Balaban J connectivity index is 1.88. The third kappa shape index (κ3) is 5.87. The highest BCUT2D eigenvalue weighted by Gasteiger charge is 2.14. The number of hydrogen-bond donors (Lipinski definition) is 1. The number of ether oxygens (including phenoxy) is 3. The first kappa shape index (κ1) is 18.9. The summed E-state index contributed by atoms with van der Waals surface area (Å²) >= 11 is 5.99. The number of benzene rings is 2. The Morgan fingerprint density at radius 2 is 1.80 bits per heavy atom. The third-order valence-electron chi connectivity index (χ3n) is 3.26. The van der Waals surface area contributed by atoms with Gasteiger partial charge in [-0.15, -0.1) is 0 Å². The van der Waals surface area contributed by atoms with Gasteiger partial charge < -0.3 is 19.5 Å². The predicted molar refractivity (Wildman–Crippen MR) is 98.0 cm³/mol. The first-order valence-electron chi connectivity index (χ1n) is 8.01. The summed E-state index contributed by atoms with van der Waals surface area (Å²) in [5.41, 5.74) is 0.408. The van der Waals surface area contributed by atoms with Gasteiger partial charge >= 0.3 is 0 Å². The average molecular weight is 364 g/mol. The molecule has 6 heteroatoms. The van der Waals surface area contributed by atoms with Gasteiger partial charge in [-0.05, 0) is 56.3 Å². The number of rotatable bonds is 8. The normalized spacial score (nSPS) is 10.4. The second kappa shape index (κ2) is 9.18. The number of carbonyl (C=O) groups excluding carboxylic acids is 1. The molecule has 0 aromatic heterocycles. The molecule has 25 heavy (non-hydrogen) atoms. The molecule has 1 amide bonds. The molecule has 0 aliphatic rings. The molecule has 0 bridgehead atoms. The maximum atomic E-state index is 12.4. The second-order valence-electron chi connectivity index (χ2n) is 5.59. The summed E-state index contributed by atoms with van der Waals surface area (Å²) in [5.74, 6) is 1.73. The van der Waals surface area contributed by atoms with Crippen molar-refractivity contribution in [2.75, 3.05) is 20.3 Å². The lowest BCUT2D eigenvalue weighted by Gasteiger charge is -2.14. The van der Waals surface area contributed by atoms with Crippen LogP contribution in [-0.2, 0) is 0 Å². The molecule has 5 nitrogen and oxygen atoms in total. The van der Waals surface area contributed by atoms with E-state index in [0.717, 1.165) is 5.75 Å². The van der Waals surface area contributed by atoms with E-state index in [0.29, 0.717) is 35.2 Å². The monoisotopic (exact) mass is 363 g/mol. The van der Waals surface area contributed by atoms with Gasteiger partial charge in [0.05, 0.1) is 25.3 Å². The summed E-state index contributed by atoms with van der Waals surface area (Å²) in [6.07, 6.45) is -0.0360. The molecule has 0 heterocycles. The zero-order chi connectivity index (χ0) is 18.2. The third-order valence-corrected chi connectivity index (χ3v) is 3.50. The predicted octanol–water partition coefficient (Wildman–Crippen LogP) is 3.94. The van der Waals surface area contributed by atoms with Crippen LogP contribution in [0.25, 0.3) is 0 Å². The van der Waals surface area contributed by atoms with E-state index in [2.05, 4.69) is 5.32 Å². The van der Waals surface area contributed by atoms with Crippen molar-refractivity contribution in [2.45, 2.75) is 20.0 Å². The van der Waals surface area contributed by atoms with E-state index in [1.807, 2.05) is 38.1 Å². The fourth-order valence-corrected chi connectivity index (χ4v) is 2.31. The van der Waals surface area contributed by atoms with Gasteiger partial charge in [-0.25, -0.2) is 0 Å². The first-order chi connectivity index (χ1) is 12.0. The Bertz CT molecular complexity index is 701. The molecule has 2 aromatic carbocycles. The molecule has 0 radical (unpaired) electrons. The molecule has 2 rings (SSSR count). The van der Waals surface area contributed by atoms with Crippen molar-refractivity contribution < 1.29 is 19.0 Å². The topological polar surface area (TPSA) is 56.8 Å². The Kier molecular flexibility index (Phi) is 6.95. The van der Waals surface area contributed by atoms with Crippen LogP contribution < -0.4 is 19.5 Å². The van der Waals surface area contributed by atoms with Crippen molar-refractivity contribution in [1.82, 2.24) is 5.32 Å². The smallest absolute Gasteiger partial charge is 0.255 e. The first-order valence-corrected chi connectivity index (χ1v) is 8.38. The fraction of sp³-hybridized carbons (Fsp3) is 0.316. The summed E-state index contributed by atoms with van der Waals surface area (Å²) < 4.78 is 16.3. The van der Waals surface area contributed by atoms with E-state index < -0.39 is 0 Å². The maximum absolute atomic E-state index is 12.4. The van der Waals surface area contributed by atoms with Gasteiger partial charge in [-0.1, -0.05) is 11.6 Å². The number of halogens is 1. The van der Waals surface area contributed by atoms with Gasteiger partial charge in [0.1, 0.15) is 23.9 Å². The Morgan fingerprint density at radius 1 is 1.12 bits per heavy atom. The quantitative estimate of drug-likeness (QED) is 0.721. The number of nitrogens with one attached hydrogen (secondary N) is 1. The van der Waals surface area contributed by atoms with Crippen molar-refractivity contribution in [3.63, 3.8) is 0 Å². The number of carbonyl (C=O) groups is 1. The van der Waals surface area contributed by atoms with Crippen LogP contribution >= 0.6 is 11.6 Å². The maximum Gasteiger partial charge on any atom is 0.255 e. The zero-order valence-corrected chi connectivity index (χ0v) is 15.3. The largest absolute Gasteiger partial charge is 0.497 e. The molecule has 0 aliphatic heterocycles. The fourth-order valence-electron chi connectivity index (χ4n) is 2.14. The molecular weight excluding hydrogens is 342 g/mol. The van der Waals surface area contributed by atoms with Crippen LogP contribution in [0.1, 0.15) is 24.2 Å². The second-order valence-corrected chi connectivity index (χ2v) is 6.02. The summed E-state index contributed by atoms with van der Waals surface area (Å²) in [7, 11) is 1.61. The van der Waals surface area contributed by atoms with Crippen LogP contribution in [0.15, 0.2) is 42.5 Å². The van der Waals surface area contributed by atoms with Crippen molar-refractivity contribution in [3.05, 3.63) is 53.1 Å². The number of methoxy groups -OCH3 is 1. The molecule has 1 N–H and O–H groups in total. The lowest BCUT2D eigenvalue weighted by molar-refractivity contribution is 0.0941. The van der Waals surface area contributed by atoms with Crippen molar-refractivity contribution >= 4 is 17.5 Å². The van der Waals surface area contributed by atoms with Gasteiger partial charge in [-0.2, -0.15) is 0 Å². The van der Waals surface area contributed by atoms with Crippen molar-refractivity contribution in [2.24, 2.45) is 0 Å². The summed E-state index contributed by atoms with van der Waals surface area (Å²) in [4.78, 5) is 12.4. The van der Waals surface area contributed by atoms with Crippen LogP contribution in [-0.4, -0.2) is 32.3 Å². The Morgan fingerprint density at radius 3 is 2.44 bits per heavy atom. The Labute approximate surface area is 152 Å². The van der Waals surface area contributed by atoms with Crippen LogP contribution in [0.4, 0.5) is 0 Å². The number of hydrogen-bond acceptors (Lipinski definition) is 4. The molecule has 0 saturated carbocycles. The molecule has 2 aromatic rings. The molecule has 0 atom stereocenters. The molecule has 0 unspecified atom stereocenters. The van der Waals surface area contributed by atoms with E-state index >= 15 is 0 Å². The number of amides is 1. The minimum atomic E-state index is -0.253. The van der Waals surface area contributed by atoms with Crippen LogP contribution in [0.5, 0.6) is 17.2 Å². The molecule has 0 aliphatic carbocycles. The SMILES string of the molecule is COc1ccc(OCCNC(=O)c2cc(Cl)ccc2OC(C)C)cc1. The molecule has 0 spiro atoms. The van der Waals surface area contributed by atoms with Gasteiger partial charge in [0, 0.05) is 5.02 Å². The summed E-state index contributed by atoms with van der Waals surface area (Å²) in [6, 6.07) is 12.2. The van der Waals surface area contributed by atoms with E-state index in [4.69, 9.17) is 25.8 Å². The van der Waals surface area contributed by atoms with Gasteiger partial charge in [0.25, 0.3) is 5.91 Å². The van der Waals surface area contributed by atoms with E-state index in [9.17, 15) is 4.79 Å². The van der Waals surface area contributed by atoms with Crippen molar-refractivity contribution in [1.29, 1.82) is 0 Å². The highest BCUT2D eigenvalue weighted by atomic mass is 35.5. The molecular formula is C19H22ClNO4. The average Bonchev–Trinajstić information content (AvgIpc) is 2.60. The minimum Gasteiger partial charge on any atom is -0.497 e. The molecule has 0 saturated heterocycles. The standard InChI is InChI=1S/C19H22ClNO4/c1-13(2)25-18-9-4-14(20)12-17(18)19(22)21-10-11-24-16-7-5-15(23-3)6-8-16/h4-9,12-13H,10-11H2,1-3H3,(H,21,22). The van der Waals surface area contributed by atoms with Crippen LogP contribution in [0.3, 0.4) is 0 Å². The van der Waals surface area contributed by atoms with Crippen LogP contribution in [0, 0.1) is 0 Å². The van der Waals surface area contributed by atoms with Crippen LogP contribution in [0.2, 0.25) is 5.02 Å². The minimum absolute atomic E-state index is 0.0360. The van der Waals surface area contributed by atoms with Crippen molar-refractivity contribution in [3.8, 4) is 17.2 Å². The van der Waals surface area contributed by atoms with Gasteiger partial charge in [-0.3, -0.25) is 4.79 Å². The zero-order valence-electron chi connectivity index (χ0n) is 14.5. The molecule has 134 valence electrons. The van der Waals surface area contributed by atoms with E-state index in [-0.39, 0.29) is 12.0 Å². The molecule has 0 fully saturated rings.